The number of unbranched alkanes of at least 4 members (excludes halogenated alkanes) is 4. The zero-order valence-corrected chi connectivity index (χ0v) is 13.6. The van der Waals surface area contributed by atoms with E-state index in [1.807, 2.05) is 18.2 Å². The van der Waals surface area contributed by atoms with Crippen LogP contribution in [0, 0.1) is 0 Å². The van der Waals surface area contributed by atoms with Crippen molar-refractivity contribution >= 4 is 5.97 Å². The Hall–Kier alpha value is -1.35. The monoisotopic (exact) mass is 304 g/mol. The molecule has 0 saturated carbocycles. The first-order chi connectivity index (χ1) is 10.8. The lowest BCUT2D eigenvalue weighted by Crippen LogP contribution is -2.19. The second kappa shape index (κ2) is 9.62. The second-order valence-electron chi connectivity index (χ2n) is 6.12. The first-order valence-corrected chi connectivity index (χ1v) is 8.67. The van der Waals surface area contributed by atoms with Crippen molar-refractivity contribution in [1.29, 1.82) is 0 Å². The molecule has 0 aliphatic carbocycles. The molecule has 1 aliphatic heterocycles. The van der Waals surface area contributed by atoms with Crippen molar-refractivity contribution in [1.82, 2.24) is 0 Å². The molecule has 1 aromatic carbocycles. The fourth-order valence-corrected chi connectivity index (χ4v) is 2.92. The first-order valence-electron chi connectivity index (χ1n) is 8.67. The van der Waals surface area contributed by atoms with Crippen LogP contribution in [0.25, 0.3) is 0 Å². The van der Waals surface area contributed by atoms with Crippen LogP contribution in [0.3, 0.4) is 0 Å². The number of carbonyl (C=O) groups excluding carboxylic acids is 1. The van der Waals surface area contributed by atoms with Crippen molar-refractivity contribution in [2.75, 3.05) is 6.61 Å². The highest BCUT2D eigenvalue weighted by Crippen LogP contribution is 2.24. The van der Waals surface area contributed by atoms with Crippen molar-refractivity contribution in [3.63, 3.8) is 0 Å². The van der Waals surface area contributed by atoms with Gasteiger partial charge in [-0.2, -0.15) is 0 Å². The van der Waals surface area contributed by atoms with E-state index in [-0.39, 0.29) is 12.1 Å². The van der Waals surface area contributed by atoms with Gasteiger partial charge >= 0.3 is 5.97 Å². The molecule has 0 aromatic heterocycles. The Kier molecular flexibility index (Phi) is 7.44. The van der Waals surface area contributed by atoms with Gasteiger partial charge in [0, 0.05) is 0 Å². The topological polar surface area (TPSA) is 35.5 Å². The molecule has 3 heteroatoms. The molecule has 2 unspecified atom stereocenters. The van der Waals surface area contributed by atoms with Crippen molar-refractivity contribution < 1.29 is 14.3 Å². The standard InChI is InChI=1S/C19H28O3/c1-2-3-4-5-9-12-17-13-14-18(22-17)15-21-19(20)16-10-7-6-8-11-16/h6-8,10-11,17-18H,2-5,9,12-15H2,1H3. The lowest BCUT2D eigenvalue weighted by atomic mass is 10.1. The van der Waals surface area contributed by atoms with Gasteiger partial charge in [0.15, 0.2) is 0 Å². The third-order valence-corrected chi connectivity index (χ3v) is 4.23. The lowest BCUT2D eigenvalue weighted by Gasteiger charge is -2.14. The highest BCUT2D eigenvalue weighted by atomic mass is 16.6. The zero-order valence-electron chi connectivity index (χ0n) is 13.6. The molecule has 1 aromatic rings. The summed E-state index contributed by atoms with van der Waals surface area (Å²) in [6.45, 7) is 2.61. The summed E-state index contributed by atoms with van der Waals surface area (Å²) in [7, 11) is 0. The number of carbonyl (C=O) groups is 1. The molecular formula is C19H28O3. The molecule has 0 amide bonds. The van der Waals surface area contributed by atoms with Gasteiger partial charge in [-0.25, -0.2) is 4.79 Å². The molecule has 22 heavy (non-hydrogen) atoms. The van der Waals surface area contributed by atoms with Crippen molar-refractivity contribution in [3.05, 3.63) is 35.9 Å². The fraction of sp³-hybridized carbons (Fsp3) is 0.632. The molecule has 1 heterocycles. The van der Waals surface area contributed by atoms with E-state index in [0.29, 0.717) is 18.3 Å². The number of hydrogen-bond acceptors (Lipinski definition) is 3. The Morgan fingerprint density at radius 1 is 1.09 bits per heavy atom. The summed E-state index contributed by atoms with van der Waals surface area (Å²) in [6.07, 6.45) is 10.2. The van der Waals surface area contributed by atoms with Gasteiger partial charge in [0.1, 0.15) is 6.61 Å². The summed E-state index contributed by atoms with van der Waals surface area (Å²) in [6, 6.07) is 9.13. The van der Waals surface area contributed by atoms with Crippen molar-refractivity contribution in [2.45, 2.75) is 70.5 Å². The van der Waals surface area contributed by atoms with Crippen LogP contribution < -0.4 is 0 Å². The Morgan fingerprint density at radius 3 is 2.59 bits per heavy atom. The molecule has 3 nitrogen and oxygen atoms in total. The number of benzene rings is 1. The predicted octanol–water partition coefficient (Wildman–Crippen LogP) is 4.75. The largest absolute Gasteiger partial charge is 0.459 e. The van der Waals surface area contributed by atoms with Crippen molar-refractivity contribution in [2.24, 2.45) is 0 Å². The average molecular weight is 304 g/mol. The van der Waals surface area contributed by atoms with Gasteiger partial charge in [0.05, 0.1) is 17.8 Å². The van der Waals surface area contributed by atoms with Gasteiger partial charge in [-0.05, 0) is 31.4 Å². The van der Waals surface area contributed by atoms with Crippen LogP contribution >= 0.6 is 0 Å². The van der Waals surface area contributed by atoms with E-state index >= 15 is 0 Å². The second-order valence-corrected chi connectivity index (χ2v) is 6.12. The maximum absolute atomic E-state index is 11.9. The molecule has 2 rings (SSSR count). The highest BCUT2D eigenvalue weighted by molar-refractivity contribution is 5.89. The third kappa shape index (κ3) is 5.80. The van der Waals surface area contributed by atoms with E-state index in [1.165, 1.54) is 32.1 Å². The van der Waals surface area contributed by atoms with Crippen molar-refractivity contribution in [3.8, 4) is 0 Å². The average Bonchev–Trinajstić information content (AvgIpc) is 3.01. The lowest BCUT2D eigenvalue weighted by molar-refractivity contribution is -0.0101. The minimum absolute atomic E-state index is 0.0771. The number of rotatable bonds is 9. The Morgan fingerprint density at radius 2 is 1.82 bits per heavy atom. The zero-order chi connectivity index (χ0) is 15.6. The van der Waals surface area contributed by atoms with Gasteiger partial charge < -0.3 is 9.47 Å². The molecule has 1 saturated heterocycles. The highest BCUT2D eigenvalue weighted by Gasteiger charge is 2.26. The molecule has 1 aliphatic rings. The van der Waals surface area contributed by atoms with Crippen LogP contribution in [0.4, 0.5) is 0 Å². The summed E-state index contributed by atoms with van der Waals surface area (Å²) in [5.41, 5.74) is 0.605. The maximum Gasteiger partial charge on any atom is 0.338 e. The Labute approximate surface area is 134 Å². The van der Waals surface area contributed by atoms with E-state index < -0.39 is 0 Å². The van der Waals surface area contributed by atoms with E-state index in [9.17, 15) is 4.79 Å². The smallest absolute Gasteiger partial charge is 0.338 e. The molecular weight excluding hydrogens is 276 g/mol. The van der Waals surface area contributed by atoms with Crippen LogP contribution in [0.5, 0.6) is 0 Å². The molecule has 0 radical (unpaired) electrons. The quantitative estimate of drug-likeness (QED) is 0.488. The summed E-state index contributed by atoms with van der Waals surface area (Å²) in [5.74, 6) is -0.257. The summed E-state index contributed by atoms with van der Waals surface area (Å²) in [5, 5.41) is 0. The van der Waals surface area contributed by atoms with Crippen LogP contribution in [0.1, 0.15) is 68.6 Å². The number of esters is 1. The van der Waals surface area contributed by atoms with Gasteiger partial charge in [0.25, 0.3) is 0 Å². The minimum atomic E-state index is -0.257. The van der Waals surface area contributed by atoms with E-state index in [2.05, 4.69) is 6.92 Å². The predicted molar refractivity (Wildman–Crippen MR) is 88.0 cm³/mol. The summed E-state index contributed by atoms with van der Waals surface area (Å²) >= 11 is 0. The molecule has 122 valence electrons. The van der Waals surface area contributed by atoms with Gasteiger partial charge in [-0.1, -0.05) is 57.2 Å². The molecule has 1 fully saturated rings. The maximum atomic E-state index is 11.9. The van der Waals surface area contributed by atoms with Crippen LogP contribution in [-0.4, -0.2) is 24.8 Å². The fourth-order valence-electron chi connectivity index (χ4n) is 2.92. The Balaban J connectivity index is 1.59. The molecule has 0 N–H and O–H groups in total. The SMILES string of the molecule is CCCCCCCC1CCC(COC(=O)c2ccccc2)O1. The normalized spacial score (nSPS) is 21.0. The molecule has 0 bridgehead atoms. The van der Waals surface area contributed by atoms with Gasteiger partial charge in [-0.15, -0.1) is 0 Å². The summed E-state index contributed by atoms with van der Waals surface area (Å²) in [4.78, 5) is 11.9. The van der Waals surface area contributed by atoms with E-state index in [4.69, 9.17) is 9.47 Å². The van der Waals surface area contributed by atoms with Gasteiger partial charge in [0.2, 0.25) is 0 Å². The molecule has 0 spiro atoms. The summed E-state index contributed by atoms with van der Waals surface area (Å²) < 4.78 is 11.3. The van der Waals surface area contributed by atoms with E-state index in [1.54, 1.807) is 12.1 Å². The number of hydrogen-bond donors (Lipinski definition) is 0. The van der Waals surface area contributed by atoms with E-state index in [0.717, 1.165) is 19.3 Å². The van der Waals surface area contributed by atoms with Crippen LogP contribution in [0.15, 0.2) is 30.3 Å². The Bertz CT molecular complexity index is 430. The minimum Gasteiger partial charge on any atom is -0.459 e. The van der Waals surface area contributed by atoms with Crippen LogP contribution in [0.2, 0.25) is 0 Å². The molecule has 2 atom stereocenters. The van der Waals surface area contributed by atoms with Gasteiger partial charge in [-0.3, -0.25) is 0 Å². The third-order valence-electron chi connectivity index (χ3n) is 4.23. The van der Waals surface area contributed by atoms with Crippen LogP contribution in [-0.2, 0) is 9.47 Å². The number of ether oxygens (including phenoxy) is 2. The first kappa shape index (κ1) is 17.0.